The molecule has 0 unspecified atom stereocenters. The fourth-order valence-corrected chi connectivity index (χ4v) is 2.58. The number of aliphatic imine (C=N–C) groups is 1. The Morgan fingerprint density at radius 1 is 1.08 bits per heavy atom. The highest BCUT2D eigenvalue weighted by Gasteiger charge is 2.22. The second kappa shape index (κ2) is 7.34. The summed E-state index contributed by atoms with van der Waals surface area (Å²) in [5.74, 6) is 1.28. The van der Waals surface area contributed by atoms with Crippen LogP contribution in [0.15, 0.2) is 59.2 Å². The van der Waals surface area contributed by atoms with Crippen molar-refractivity contribution < 1.29 is 14.3 Å². The van der Waals surface area contributed by atoms with E-state index in [0.29, 0.717) is 23.9 Å². The number of methoxy groups -OCH3 is 1. The third-order valence-corrected chi connectivity index (χ3v) is 4.09. The lowest BCUT2D eigenvalue weighted by atomic mass is 10.0. The van der Waals surface area contributed by atoms with Gasteiger partial charge in [-0.2, -0.15) is 0 Å². The zero-order chi connectivity index (χ0) is 17.8. The largest absolute Gasteiger partial charge is 0.497 e. The third kappa shape index (κ3) is 4.15. The van der Waals surface area contributed by atoms with Crippen LogP contribution in [0.4, 0.5) is 0 Å². The normalized spacial score (nSPS) is 15.4. The van der Waals surface area contributed by atoms with Crippen LogP contribution in [0.5, 0.6) is 5.75 Å². The van der Waals surface area contributed by atoms with Crippen molar-refractivity contribution in [1.29, 1.82) is 0 Å². The van der Waals surface area contributed by atoms with E-state index >= 15 is 0 Å². The predicted molar refractivity (Wildman–Crippen MR) is 98.7 cm³/mol. The monoisotopic (exact) mass is 335 g/mol. The molecule has 0 bridgehead atoms. The van der Waals surface area contributed by atoms with Crippen LogP contribution >= 0.6 is 0 Å². The molecule has 0 aliphatic carbocycles. The van der Waals surface area contributed by atoms with Gasteiger partial charge in [-0.3, -0.25) is 0 Å². The van der Waals surface area contributed by atoms with Gasteiger partial charge in [0.25, 0.3) is 0 Å². The molecule has 2 aromatic carbocycles. The molecule has 25 heavy (non-hydrogen) atoms. The summed E-state index contributed by atoms with van der Waals surface area (Å²) >= 11 is 0. The maximum absolute atomic E-state index is 12.0. The molecule has 0 amide bonds. The summed E-state index contributed by atoms with van der Waals surface area (Å²) in [5.41, 5.74) is 3.54. The van der Waals surface area contributed by atoms with Gasteiger partial charge >= 0.3 is 5.97 Å². The van der Waals surface area contributed by atoms with Crippen molar-refractivity contribution in [1.82, 2.24) is 0 Å². The van der Waals surface area contributed by atoms with Crippen molar-refractivity contribution in [3.63, 3.8) is 0 Å². The quantitative estimate of drug-likeness (QED) is 0.602. The predicted octanol–water partition coefficient (Wildman–Crippen LogP) is 4.36. The van der Waals surface area contributed by atoms with Crippen LogP contribution in [0, 0.1) is 0 Å². The average molecular weight is 335 g/mol. The minimum atomic E-state index is -0.406. The molecular weight excluding hydrogens is 314 g/mol. The first-order chi connectivity index (χ1) is 12.0. The van der Waals surface area contributed by atoms with Gasteiger partial charge in [0.05, 0.1) is 7.11 Å². The fraction of sp³-hybridized carbons (Fsp3) is 0.238. The number of ether oxygens (including phenoxy) is 2. The van der Waals surface area contributed by atoms with Gasteiger partial charge in [-0.25, -0.2) is 9.79 Å². The summed E-state index contributed by atoms with van der Waals surface area (Å²) < 4.78 is 10.4. The van der Waals surface area contributed by atoms with Crippen molar-refractivity contribution in [2.75, 3.05) is 7.11 Å². The second-order valence-electron chi connectivity index (χ2n) is 6.27. The lowest BCUT2D eigenvalue weighted by molar-refractivity contribution is -0.130. The van der Waals surface area contributed by atoms with Crippen molar-refractivity contribution >= 4 is 17.9 Å². The van der Waals surface area contributed by atoms with E-state index in [9.17, 15) is 4.79 Å². The van der Waals surface area contributed by atoms with Gasteiger partial charge in [0, 0.05) is 6.42 Å². The minimum Gasteiger partial charge on any atom is -0.497 e. The van der Waals surface area contributed by atoms with E-state index in [-0.39, 0.29) is 0 Å². The topological polar surface area (TPSA) is 47.9 Å². The Bertz CT molecular complexity index is 815. The summed E-state index contributed by atoms with van der Waals surface area (Å²) in [6.45, 7) is 4.30. The zero-order valence-electron chi connectivity index (χ0n) is 14.7. The van der Waals surface area contributed by atoms with Crippen molar-refractivity contribution in [2.45, 2.75) is 26.2 Å². The van der Waals surface area contributed by atoms with Gasteiger partial charge in [-0.05, 0) is 40.8 Å². The summed E-state index contributed by atoms with van der Waals surface area (Å²) in [5, 5.41) is 0. The molecule has 0 aromatic heterocycles. The van der Waals surface area contributed by atoms with Crippen LogP contribution in [0.1, 0.15) is 36.5 Å². The van der Waals surface area contributed by atoms with Crippen molar-refractivity contribution in [3.05, 3.63) is 70.9 Å². The average Bonchev–Trinajstić information content (AvgIpc) is 2.95. The van der Waals surface area contributed by atoms with E-state index in [4.69, 9.17) is 9.47 Å². The molecule has 0 saturated heterocycles. The molecule has 4 heteroatoms. The molecule has 0 atom stereocenters. The molecule has 1 aliphatic rings. The van der Waals surface area contributed by atoms with Crippen LogP contribution in [0.2, 0.25) is 0 Å². The molecule has 0 radical (unpaired) electrons. The Kier molecular flexibility index (Phi) is 4.98. The summed E-state index contributed by atoms with van der Waals surface area (Å²) in [4.78, 5) is 16.4. The maximum atomic E-state index is 12.0. The first kappa shape index (κ1) is 17.0. The van der Waals surface area contributed by atoms with Gasteiger partial charge in [0.1, 0.15) is 5.75 Å². The van der Waals surface area contributed by atoms with Gasteiger partial charge in [-0.1, -0.05) is 50.2 Å². The first-order valence-corrected chi connectivity index (χ1v) is 8.29. The number of benzene rings is 2. The van der Waals surface area contributed by atoms with Gasteiger partial charge < -0.3 is 9.47 Å². The number of nitrogens with zero attached hydrogens (tertiary/aromatic N) is 1. The number of cyclic esters (lactones) is 1. The van der Waals surface area contributed by atoms with Crippen LogP contribution < -0.4 is 4.74 Å². The number of hydrogen-bond donors (Lipinski definition) is 0. The highest BCUT2D eigenvalue weighted by molar-refractivity contribution is 6.07. The molecule has 3 rings (SSSR count). The highest BCUT2D eigenvalue weighted by atomic mass is 16.6. The number of carbonyl (C=O) groups excluding carboxylic acids is 1. The number of carbonyl (C=O) groups is 1. The first-order valence-electron chi connectivity index (χ1n) is 8.29. The van der Waals surface area contributed by atoms with Gasteiger partial charge in [-0.15, -0.1) is 0 Å². The molecule has 0 N–H and O–H groups in total. The fourth-order valence-electron chi connectivity index (χ4n) is 2.58. The van der Waals surface area contributed by atoms with Crippen LogP contribution in [0.3, 0.4) is 0 Å². The number of esters is 1. The van der Waals surface area contributed by atoms with E-state index in [1.165, 1.54) is 5.56 Å². The molecule has 4 nitrogen and oxygen atoms in total. The van der Waals surface area contributed by atoms with Crippen LogP contribution in [-0.4, -0.2) is 19.0 Å². The molecular formula is C21H21NO3. The smallest absolute Gasteiger partial charge is 0.363 e. The van der Waals surface area contributed by atoms with E-state index < -0.39 is 5.97 Å². The maximum Gasteiger partial charge on any atom is 0.363 e. The second-order valence-corrected chi connectivity index (χ2v) is 6.27. The van der Waals surface area contributed by atoms with E-state index in [2.05, 4.69) is 31.0 Å². The summed E-state index contributed by atoms with van der Waals surface area (Å²) in [6, 6.07) is 15.7. The zero-order valence-corrected chi connectivity index (χ0v) is 14.7. The van der Waals surface area contributed by atoms with Crippen molar-refractivity contribution in [3.8, 4) is 5.75 Å². The lowest BCUT2D eigenvalue weighted by Gasteiger charge is -2.04. The number of hydrogen-bond acceptors (Lipinski definition) is 4. The Morgan fingerprint density at radius 2 is 1.76 bits per heavy atom. The molecule has 2 aromatic rings. The van der Waals surface area contributed by atoms with Gasteiger partial charge in [0.15, 0.2) is 5.70 Å². The van der Waals surface area contributed by atoms with E-state index in [1.54, 1.807) is 13.2 Å². The lowest BCUT2D eigenvalue weighted by Crippen LogP contribution is -2.06. The molecule has 1 aliphatic heterocycles. The molecule has 0 saturated carbocycles. The Morgan fingerprint density at radius 3 is 2.36 bits per heavy atom. The van der Waals surface area contributed by atoms with Crippen LogP contribution in [0.25, 0.3) is 6.08 Å². The Labute approximate surface area is 147 Å². The molecule has 0 fully saturated rings. The summed E-state index contributed by atoms with van der Waals surface area (Å²) in [6.07, 6.45) is 2.23. The summed E-state index contributed by atoms with van der Waals surface area (Å²) in [7, 11) is 1.63. The molecule has 128 valence electrons. The number of rotatable bonds is 5. The van der Waals surface area contributed by atoms with E-state index in [1.807, 2.05) is 36.4 Å². The molecule has 1 heterocycles. The van der Waals surface area contributed by atoms with Crippen LogP contribution in [-0.2, 0) is 16.0 Å². The highest BCUT2D eigenvalue weighted by Crippen LogP contribution is 2.20. The minimum absolute atomic E-state index is 0.334. The Balaban J connectivity index is 1.74. The van der Waals surface area contributed by atoms with E-state index in [0.717, 1.165) is 16.9 Å². The standard InChI is InChI=1S/C21H21NO3/c1-14(2)17-8-4-15(5-9-17)12-19-21(23)25-20(22-19)13-16-6-10-18(24-3)11-7-16/h4-12,14H,13H2,1-3H3/b19-12+. The molecule has 0 spiro atoms. The third-order valence-electron chi connectivity index (χ3n) is 4.09. The Hall–Kier alpha value is -2.88. The SMILES string of the molecule is COc1ccc(CC2=N/C(=C/c3ccc(C(C)C)cc3)C(=O)O2)cc1. The van der Waals surface area contributed by atoms with Crippen molar-refractivity contribution in [2.24, 2.45) is 4.99 Å². The van der Waals surface area contributed by atoms with Gasteiger partial charge in [0.2, 0.25) is 5.90 Å².